The molecule has 94 valence electrons. The van der Waals surface area contributed by atoms with Crippen LogP contribution in [0.15, 0.2) is 24.5 Å². The number of hydrogen-bond donors (Lipinski definition) is 0. The lowest BCUT2D eigenvalue weighted by atomic mass is 10.0. The standard InChI is InChI=1S/C12H12ClN3O2/c1-3-18-11(17)12(15-2,8-10(13)9-14)16-6-4-5-7-16/h4-7,10H,3,8H2,1H3. The summed E-state index contributed by atoms with van der Waals surface area (Å²) in [6, 6.07) is 5.19. The average molecular weight is 266 g/mol. The zero-order valence-electron chi connectivity index (χ0n) is 9.84. The summed E-state index contributed by atoms with van der Waals surface area (Å²) in [6.45, 7) is 9.12. The molecule has 18 heavy (non-hydrogen) atoms. The summed E-state index contributed by atoms with van der Waals surface area (Å²) in [5.41, 5.74) is -1.61. The highest BCUT2D eigenvalue weighted by molar-refractivity contribution is 6.22. The monoisotopic (exact) mass is 265 g/mol. The quantitative estimate of drug-likeness (QED) is 0.466. The van der Waals surface area contributed by atoms with Crippen molar-refractivity contribution in [3.8, 4) is 6.07 Å². The van der Waals surface area contributed by atoms with Crippen LogP contribution in [0.25, 0.3) is 4.85 Å². The van der Waals surface area contributed by atoms with Crippen molar-refractivity contribution >= 4 is 17.6 Å². The molecule has 0 aliphatic heterocycles. The Morgan fingerprint density at radius 3 is 2.72 bits per heavy atom. The second kappa shape index (κ2) is 6.09. The van der Waals surface area contributed by atoms with E-state index in [0.717, 1.165) is 0 Å². The highest BCUT2D eigenvalue weighted by Gasteiger charge is 2.50. The van der Waals surface area contributed by atoms with Crippen LogP contribution in [0.1, 0.15) is 13.3 Å². The molecule has 1 aromatic rings. The lowest BCUT2D eigenvalue weighted by molar-refractivity contribution is -0.151. The molecule has 6 heteroatoms. The summed E-state index contributed by atoms with van der Waals surface area (Å²) in [5, 5.41) is 7.82. The van der Waals surface area contributed by atoms with Gasteiger partial charge in [0.1, 0.15) is 5.38 Å². The number of halogens is 1. The maximum atomic E-state index is 12.0. The van der Waals surface area contributed by atoms with Crippen LogP contribution in [0.2, 0.25) is 0 Å². The van der Waals surface area contributed by atoms with Gasteiger partial charge >= 0.3 is 11.6 Å². The van der Waals surface area contributed by atoms with Gasteiger partial charge in [-0.3, -0.25) is 9.41 Å². The Balaban J connectivity index is 3.19. The lowest BCUT2D eigenvalue weighted by Crippen LogP contribution is -2.41. The molecule has 0 spiro atoms. The van der Waals surface area contributed by atoms with E-state index < -0.39 is 17.0 Å². The Labute approximate surface area is 110 Å². The molecule has 0 saturated heterocycles. The first-order valence-electron chi connectivity index (χ1n) is 5.33. The Morgan fingerprint density at radius 2 is 2.28 bits per heavy atom. The van der Waals surface area contributed by atoms with Crippen molar-refractivity contribution in [1.29, 1.82) is 5.26 Å². The number of carbonyl (C=O) groups is 1. The van der Waals surface area contributed by atoms with E-state index in [1.807, 2.05) is 6.07 Å². The number of nitrogens with zero attached hydrogens (tertiary/aromatic N) is 3. The van der Waals surface area contributed by atoms with E-state index in [4.69, 9.17) is 28.2 Å². The number of alkyl halides is 1. The molecule has 0 amide bonds. The molecule has 5 nitrogen and oxygen atoms in total. The highest BCUT2D eigenvalue weighted by atomic mass is 35.5. The summed E-state index contributed by atoms with van der Waals surface area (Å²) in [7, 11) is 0. The van der Waals surface area contributed by atoms with E-state index in [2.05, 4.69) is 4.85 Å². The predicted molar refractivity (Wildman–Crippen MR) is 65.5 cm³/mol. The smallest absolute Gasteiger partial charge is 0.417 e. The molecule has 0 saturated carbocycles. The molecule has 1 heterocycles. The minimum absolute atomic E-state index is 0.123. The van der Waals surface area contributed by atoms with Crippen LogP contribution >= 0.6 is 11.6 Å². The van der Waals surface area contributed by atoms with Crippen molar-refractivity contribution in [2.45, 2.75) is 24.4 Å². The van der Waals surface area contributed by atoms with Crippen LogP contribution in [0.3, 0.4) is 0 Å². The molecule has 1 aromatic heterocycles. The Morgan fingerprint density at radius 1 is 1.67 bits per heavy atom. The zero-order valence-corrected chi connectivity index (χ0v) is 10.6. The molecule has 0 N–H and O–H groups in total. The van der Waals surface area contributed by atoms with Gasteiger partial charge in [-0.1, -0.05) is 0 Å². The fraction of sp³-hybridized carbons (Fsp3) is 0.417. The maximum absolute atomic E-state index is 12.0. The zero-order chi connectivity index (χ0) is 13.6. The number of aromatic nitrogens is 1. The van der Waals surface area contributed by atoms with E-state index >= 15 is 0 Å². The van der Waals surface area contributed by atoms with Crippen molar-refractivity contribution in [1.82, 2.24) is 4.57 Å². The Kier molecular flexibility index (Phi) is 4.76. The summed E-state index contributed by atoms with van der Waals surface area (Å²) in [4.78, 5) is 15.4. The van der Waals surface area contributed by atoms with E-state index in [1.165, 1.54) is 4.57 Å². The van der Waals surface area contributed by atoms with Gasteiger partial charge in [0.15, 0.2) is 0 Å². The lowest BCUT2D eigenvalue weighted by Gasteiger charge is -2.21. The van der Waals surface area contributed by atoms with E-state index in [-0.39, 0.29) is 13.0 Å². The van der Waals surface area contributed by atoms with Gasteiger partial charge in [0.05, 0.1) is 19.1 Å². The number of nitriles is 1. The molecular weight excluding hydrogens is 254 g/mol. The van der Waals surface area contributed by atoms with Crippen molar-refractivity contribution in [2.24, 2.45) is 0 Å². The van der Waals surface area contributed by atoms with Crippen molar-refractivity contribution < 1.29 is 9.53 Å². The second-order valence-corrected chi connectivity index (χ2v) is 4.07. The first-order chi connectivity index (χ1) is 8.60. The molecule has 0 aliphatic rings. The van der Waals surface area contributed by atoms with Gasteiger partial charge in [0, 0.05) is 12.4 Å². The Bertz CT molecular complexity index is 486. The SMILES string of the molecule is [C-]#[N+]C(CC(Cl)C#N)(C(=O)OCC)n1cccc1. The van der Waals surface area contributed by atoms with Crippen LogP contribution < -0.4 is 0 Å². The van der Waals surface area contributed by atoms with Gasteiger partial charge in [-0.2, -0.15) is 5.26 Å². The third-order valence-corrected chi connectivity index (χ3v) is 2.67. The predicted octanol–water partition coefficient (Wildman–Crippen LogP) is 2.14. The van der Waals surface area contributed by atoms with Crippen molar-refractivity contribution in [3.05, 3.63) is 35.9 Å². The van der Waals surface area contributed by atoms with Crippen LogP contribution in [0.4, 0.5) is 0 Å². The van der Waals surface area contributed by atoms with Crippen LogP contribution in [0, 0.1) is 17.9 Å². The molecule has 0 radical (unpaired) electrons. The fourth-order valence-electron chi connectivity index (χ4n) is 1.57. The molecule has 2 atom stereocenters. The second-order valence-electron chi connectivity index (χ2n) is 3.54. The number of ether oxygens (including phenoxy) is 1. The molecule has 0 bridgehead atoms. The molecular formula is C12H12ClN3O2. The van der Waals surface area contributed by atoms with Gasteiger partial charge in [0.2, 0.25) is 0 Å². The topological polar surface area (TPSA) is 59.4 Å². The van der Waals surface area contributed by atoms with E-state index in [1.54, 1.807) is 31.5 Å². The van der Waals surface area contributed by atoms with E-state index in [0.29, 0.717) is 0 Å². The number of carbonyl (C=O) groups excluding carboxylic acids is 1. The normalized spacial score (nSPS) is 14.9. The number of hydrogen-bond acceptors (Lipinski definition) is 3. The van der Waals surface area contributed by atoms with Crippen molar-refractivity contribution in [2.75, 3.05) is 6.61 Å². The molecule has 1 rings (SSSR count). The summed E-state index contributed by atoms with van der Waals surface area (Å²) in [5.74, 6) is -0.697. The fourth-order valence-corrected chi connectivity index (χ4v) is 1.78. The third kappa shape index (κ3) is 2.64. The molecule has 0 aliphatic carbocycles. The average Bonchev–Trinajstić information content (AvgIpc) is 2.90. The number of rotatable bonds is 5. The summed E-state index contributed by atoms with van der Waals surface area (Å²) in [6.07, 6.45) is 3.04. The molecule has 2 unspecified atom stereocenters. The largest absolute Gasteiger partial charge is 0.458 e. The van der Waals surface area contributed by atoms with Crippen LogP contribution in [0.5, 0.6) is 0 Å². The Hall–Kier alpha value is -1.98. The highest BCUT2D eigenvalue weighted by Crippen LogP contribution is 2.29. The van der Waals surface area contributed by atoms with Gasteiger partial charge in [-0.15, -0.1) is 11.6 Å². The molecule has 0 aromatic carbocycles. The first-order valence-corrected chi connectivity index (χ1v) is 5.77. The van der Waals surface area contributed by atoms with Crippen LogP contribution in [-0.2, 0) is 15.2 Å². The van der Waals surface area contributed by atoms with Gasteiger partial charge in [-0.05, 0) is 19.1 Å². The van der Waals surface area contributed by atoms with Gasteiger partial charge in [0.25, 0.3) is 0 Å². The third-order valence-electron chi connectivity index (χ3n) is 2.42. The van der Waals surface area contributed by atoms with Crippen LogP contribution in [-0.4, -0.2) is 22.5 Å². The van der Waals surface area contributed by atoms with Gasteiger partial charge < -0.3 is 4.74 Å². The number of esters is 1. The van der Waals surface area contributed by atoms with Crippen molar-refractivity contribution in [3.63, 3.8) is 0 Å². The minimum atomic E-state index is -1.61. The first kappa shape index (κ1) is 14.1. The summed E-state index contributed by atoms with van der Waals surface area (Å²) < 4.78 is 6.35. The summed E-state index contributed by atoms with van der Waals surface area (Å²) >= 11 is 5.76. The molecule has 0 fully saturated rings. The van der Waals surface area contributed by atoms with E-state index in [9.17, 15) is 4.79 Å². The maximum Gasteiger partial charge on any atom is 0.417 e. The minimum Gasteiger partial charge on any atom is -0.458 e. The van der Waals surface area contributed by atoms with Gasteiger partial charge in [-0.25, -0.2) is 11.4 Å².